The van der Waals surface area contributed by atoms with Gasteiger partial charge >= 0.3 is 0 Å². The molecule has 1 atom stereocenters. The fourth-order valence-electron chi connectivity index (χ4n) is 4.35. The van der Waals surface area contributed by atoms with E-state index in [1.165, 1.54) is 5.56 Å². The lowest BCUT2D eigenvalue weighted by Crippen LogP contribution is -2.61. The molecule has 0 bridgehead atoms. The highest BCUT2D eigenvalue weighted by Gasteiger charge is 2.45. The summed E-state index contributed by atoms with van der Waals surface area (Å²) in [6.45, 7) is 5.53. The van der Waals surface area contributed by atoms with E-state index in [-0.39, 0.29) is 11.5 Å². The molecule has 2 N–H and O–H groups in total. The summed E-state index contributed by atoms with van der Waals surface area (Å²) in [6, 6.07) is 18.2. The molecule has 1 unspecified atom stereocenters. The third-order valence-corrected chi connectivity index (χ3v) is 6.00. The standard InChI is InChI=1S/C23H29N3O2/c1-18-22(27)26(21-9-5-8-20(24)16-21)17-23(28-18)11-14-25(15-12-23)13-10-19-6-3-2-4-7-19/h2-9,16,18H,10-15,17,24H2,1H3. The van der Waals surface area contributed by atoms with Gasteiger partial charge in [0.05, 0.1) is 12.1 Å². The third-order valence-electron chi connectivity index (χ3n) is 6.00. The Balaban J connectivity index is 1.40. The molecule has 148 valence electrons. The van der Waals surface area contributed by atoms with E-state index in [0.29, 0.717) is 12.2 Å². The van der Waals surface area contributed by atoms with Crippen molar-refractivity contribution in [2.75, 3.05) is 36.8 Å². The first-order valence-corrected chi connectivity index (χ1v) is 10.2. The highest BCUT2D eigenvalue weighted by Crippen LogP contribution is 2.35. The van der Waals surface area contributed by atoms with Crippen LogP contribution >= 0.6 is 0 Å². The van der Waals surface area contributed by atoms with E-state index in [1.807, 2.05) is 36.1 Å². The fourth-order valence-corrected chi connectivity index (χ4v) is 4.35. The van der Waals surface area contributed by atoms with Gasteiger partial charge in [-0.2, -0.15) is 0 Å². The van der Waals surface area contributed by atoms with Crippen LogP contribution < -0.4 is 10.6 Å². The van der Waals surface area contributed by atoms with Gasteiger partial charge in [-0.05, 0) is 49.9 Å². The SMILES string of the molecule is CC1OC2(CCN(CCc3ccccc3)CC2)CN(c2cccc(N)c2)C1=O. The Morgan fingerprint density at radius 3 is 2.57 bits per heavy atom. The van der Waals surface area contributed by atoms with Gasteiger partial charge in [-0.1, -0.05) is 36.4 Å². The van der Waals surface area contributed by atoms with Gasteiger partial charge in [0, 0.05) is 31.0 Å². The molecule has 2 aromatic rings. The van der Waals surface area contributed by atoms with Gasteiger partial charge in [0.1, 0.15) is 6.10 Å². The largest absolute Gasteiger partial charge is 0.399 e. The molecule has 2 heterocycles. The number of amides is 1. The zero-order valence-corrected chi connectivity index (χ0v) is 16.5. The number of benzene rings is 2. The number of hydrogen-bond donors (Lipinski definition) is 1. The van der Waals surface area contributed by atoms with Crippen LogP contribution in [0, 0.1) is 0 Å². The lowest BCUT2D eigenvalue weighted by atomic mass is 9.88. The minimum Gasteiger partial charge on any atom is -0.399 e. The quantitative estimate of drug-likeness (QED) is 0.830. The second kappa shape index (κ2) is 7.94. The van der Waals surface area contributed by atoms with E-state index in [4.69, 9.17) is 10.5 Å². The predicted octanol–water partition coefficient (Wildman–Crippen LogP) is 3.10. The topological polar surface area (TPSA) is 58.8 Å². The number of rotatable bonds is 4. The lowest BCUT2D eigenvalue weighted by molar-refractivity contribution is -0.161. The molecule has 0 aromatic heterocycles. The third kappa shape index (κ3) is 4.05. The molecule has 0 radical (unpaired) electrons. The number of nitrogen functional groups attached to an aromatic ring is 1. The molecule has 4 rings (SSSR count). The molecule has 0 saturated carbocycles. The van der Waals surface area contributed by atoms with Crippen molar-refractivity contribution in [3.8, 4) is 0 Å². The molecule has 5 heteroatoms. The van der Waals surface area contributed by atoms with Crippen molar-refractivity contribution >= 4 is 17.3 Å². The van der Waals surface area contributed by atoms with Gasteiger partial charge in [-0.25, -0.2) is 0 Å². The highest BCUT2D eigenvalue weighted by molar-refractivity contribution is 5.97. The number of hydrogen-bond acceptors (Lipinski definition) is 4. The predicted molar refractivity (Wildman–Crippen MR) is 112 cm³/mol. The van der Waals surface area contributed by atoms with Crippen LogP contribution in [0.1, 0.15) is 25.3 Å². The second-order valence-electron chi connectivity index (χ2n) is 8.04. The Kier molecular flexibility index (Phi) is 5.38. The van der Waals surface area contributed by atoms with Gasteiger partial charge in [0.2, 0.25) is 0 Å². The van der Waals surface area contributed by atoms with Crippen molar-refractivity contribution < 1.29 is 9.53 Å². The first-order chi connectivity index (χ1) is 13.5. The average molecular weight is 380 g/mol. The summed E-state index contributed by atoms with van der Waals surface area (Å²) in [5.74, 6) is 0.0164. The normalized spacial score (nSPS) is 22.5. The zero-order chi connectivity index (χ0) is 19.6. The van der Waals surface area contributed by atoms with Crippen LogP contribution in [0.2, 0.25) is 0 Å². The van der Waals surface area contributed by atoms with Crippen LogP contribution in [0.15, 0.2) is 54.6 Å². The molecule has 2 aliphatic heterocycles. The number of nitrogens with zero attached hydrogens (tertiary/aromatic N) is 2. The van der Waals surface area contributed by atoms with Crippen molar-refractivity contribution in [1.29, 1.82) is 0 Å². The Bertz CT molecular complexity index is 816. The Hall–Kier alpha value is -2.37. The van der Waals surface area contributed by atoms with Crippen molar-refractivity contribution in [2.45, 2.75) is 37.9 Å². The Morgan fingerprint density at radius 1 is 1.11 bits per heavy atom. The van der Waals surface area contributed by atoms with Crippen LogP contribution in [0.5, 0.6) is 0 Å². The van der Waals surface area contributed by atoms with Crippen LogP contribution in [0.3, 0.4) is 0 Å². The number of nitrogens with two attached hydrogens (primary N) is 1. The van der Waals surface area contributed by atoms with Gasteiger partial charge in [-0.15, -0.1) is 0 Å². The number of likely N-dealkylation sites (tertiary alicyclic amines) is 1. The number of piperidine rings is 1. The van der Waals surface area contributed by atoms with Gasteiger partial charge < -0.3 is 20.3 Å². The van der Waals surface area contributed by atoms with E-state index in [0.717, 1.165) is 44.6 Å². The molecule has 2 saturated heterocycles. The monoisotopic (exact) mass is 379 g/mol. The minimum absolute atomic E-state index is 0.0164. The maximum Gasteiger partial charge on any atom is 0.255 e. The minimum atomic E-state index is -0.425. The number of anilines is 2. The maximum atomic E-state index is 12.7. The maximum absolute atomic E-state index is 12.7. The number of carbonyl (C=O) groups is 1. The summed E-state index contributed by atoms with van der Waals surface area (Å²) in [7, 11) is 0. The van der Waals surface area contributed by atoms with Crippen LogP contribution in [0.25, 0.3) is 0 Å². The first kappa shape index (κ1) is 19.0. The molecule has 1 amide bonds. The van der Waals surface area contributed by atoms with Crippen molar-refractivity contribution in [3.05, 3.63) is 60.2 Å². The van der Waals surface area contributed by atoms with E-state index >= 15 is 0 Å². The molecule has 0 aliphatic carbocycles. The van der Waals surface area contributed by atoms with Crippen LogP contribution in [-0.4, -0.2) is 48.7 Å². The number of carbonyl (C=O) groups excluding carboxylic acids is 1. The van der Waals surface area contributed by atoms with Gasteiger partial charge in [0.15, 0.2) is 0 Å². The summed E-state index contributed by atoms with van der Waals surface area (Å²) in [5, 5.41) is 0. The van der Waals surface area contributed by atoms with Crippen molar-refractivity contribution in [2.24, 2.45) is 0 Å². The van der Waals surface area contributed by atoms with E-state index in [2.05, 4.69) is 35.2 Å². The average Bonchev–Trinajstić information content (AvgIpc) is 2.71. The van der Waals surface area contributed by atoms with E-state index < -0.39 is 6.10 Å². The lowest BCUT2D eigenvalue weighted by Gasteiger charge is -2.49. The van der Waals surface area contributed by atoms with Crippen LogP contribution in [-0.2, 0) is 16.0 Å². The van der Waals surface area contributed by atoms with Gasteiger partial charge in [0.25, 0.3) is 5.91 Å². The number of morpholine rings is 1. The summed E-state index contributed by atoms with van der Waals surface area (Å²) in [4.78, 5) is 17.1. The highest BCUT2D eigenvalue weighted by atomic mass is 16.5. The van der Waals surface area contributed by atoms with E-state index in [9.17, 15) is 4.79 Å². The van der Waals surface area contributed by atoms with Crippen molar-refractivity contribution in [1.82, 2.24) is 4.90 Å². The Labute approximate surface area is 167 Å². The summed E-state index contributed by atoms with van der Waals surface area (Å²) in [6.07, 6.45) is 2.53. The molecule has 28 heavy (non-hydrogen) atoms. The second-order valence-corrected chi connectivity index (χ2v) is 8.04. The molecule has 2 aromatic carbocycles. The summed E-state index contributed by atoms with van der Waals surface area (Å²) in [5.41, 5.74) is 8.60. The summed E-state index contributed by atoms with van der Waals surface area (Å²) >= 11 is 0. The summed E-state index contributed by atoms with van der Waals surface area (Å²) < 4.78 is 6.27. The molecule has 2 aliphatic rings. The van der Waals surface area contributed by atoms with Gasteiger partial charge in [-0.3, -0.25) is 4.79 Å². The smallest absolute Gasteiger partial charge is 0.255 e. The zero-order valence-electron chi connectivity index (χ0n) is 16.5. The molecule has 5 nitrogen and oxygen atoms in total. The molecule has 1 spiro atoms. The number of ether oxygens (including phenoxy) is 1. The van der Waals surface area contributed by atoms with E-state index in [1.54, 1.807) is 0 Å². The molecular formula is C23H29N3O2. The fraction of sp³-hybridized carbons (Fsp3) is 0.435. The first-order valence-electron chi connectivity index (χ1n) is 10.2. The Morgan fingerprint density at radius 2 is 1.86 bits per heavy atom. The van der Waals surface area contributed by atoms with Crippen LogP contribution in [0.4, 0.5) is 11.4 Å². The molecular weight excluding hydrogens is 350 g/mol. The molecule has 2 fully saturated rings. The van der Waals surface area contributed by atoms with Crippen molar-refractivity contribution in [3.63, 3.8) is 0 Å².